The van der Waals surface area contributed by atoms with Gasteiger partial charge in [0.25, 0.3) is 0 Å². The van der Waals surface area contributed by atoms with Gasteiger partial charge in [0.1, 0.15) is 5.82 Å². The average molecular weight is 344 g/mol. The summed E-state index contributed by atoms with van der Waals surface area (Å²) in [4.78, 5) is 0. The summed E-state index contributed by atoms with van der Waals surface area (Å²) < 4.78 is 127. The lowest BCUT2D eigenvalue weighted by Crippen LogP contribution is -2.62. The first kappa shape index (κ1) is 18.5. The molecule has 1 rings (SSSR count). The van der Waals surface area contributed by atoms with E-state index in [1.165, 1.54) is 0 Å². The van der Waals surface area contributed by atoms with Crippen LogP contribution >= 0.6 is 0 Å². The summed E-state index contributed by atoms with van der Waals surface area (Å²) in [7, 11) is 0. The fourth-order valence-corrected chi connectivity index (χ4v) is 1.45. The molecule has 126 valence electrons. The van der Waals surface area contributed by atoms with E-state index in [1.54, 1.807) is 0 Å². The van der Waals surface area contributed by atoms with Gasteiger partial charge >= 0.3 is 23.9 Å². The van der Waals surface area contributed by atoms with E-state index in [2.05, 4.69) is 0 Å². The molecule has 11 heteroatoms. The van der Waals surface area contributed by atoms with Crippen molar-refractivity contribution in [2.45, 2.75) is 30.0 Å². The van der Waals surface area contributed by atoms with Gasteiger partial charge in [-0.25, -0.2) is 4.39 Å². The van der Waals surface area contributed by atoms with Crippen LogP contribution in [0.5, 0.6) is 0 Å². The molecule has 0 aromatic heterocycles. The maximum atomic E-state index is 13.3. The Bertz CT molecular complexity index is 536. The molecule has 0 bridgehead atoms. The summed E-state index contributed by atoms with van der Waals surface area (Å²) in [5.41, 5.74) is -1.55. The van der Waals surface area contributed by atoms with Crippen LogP contribution in [0.4, 0.5) is 43.9 Å². The number of aliphatic hydroxyl groups is 1. The van der Waals surface area contributed by atoms with Crippen LogP contribution in [0, 0.1) is 5.82 Å². The van der Waals surface area contributed by atoms with E-state index >= 15 is 0 Å². The fourth-order valence-electron chi connectivity index (χ4n) is 1.45. The fraction of sp³-hybridized carbons (Fsp3) is 0.455. The Morgan fingerprint density at radius 1 is 0.773 bits per heavy atom. The van der Waals surface area contributed by atoms with Gasteiger partial charge in [0.15, 0.2) is 6.10 Å². The van der Waals surface area contributed by atoms with Crippen molar-refractivity contribution >= 4 is 0 Å². The second-order valence-corrected chi connectivity index (χ2v) is 4.19. The Balaban J connectivity index is 3.36. The van der Waals surface area contributed by atoms with Crippen LogP contribution < -0.4 is 0 Å². The van der Waals surface area contributed by atoms with Gasteiger partial charge < -0.3 is 5.11 Å². The van der Waals surface area contributed by atoms with Gasteiger partial charge in [-0.05, 0) is 6.07 Å². The monoisotopic (exact) mass is 344 g/mol. The second-order valence-electron chi connectivity index (χ2n) is 4.19. The number of rotatable bonds is 4. The van der Waals surface area contributed by atoms with Gasteiger partial charge in [-0.15, -0.1) is 0 Å². The van der Waals surface area contributed by atoms with Gasteiger partial charge in [-0.2, -0.15) is 39.5 Å². The molecule has 0 aliphatic carbocycles. The summed E-state index contributed by atoms with van der Waals surface area (Å²) in [5, 5.41) is 9.02. The highest BCUT2D eigenvalue weighted by atomic mass is 19.4. The van der Waals surface area contributed by atoms with E-state index in [4.69, 9.17) is 5.11 Å². The largest absolute Gasteiger partial charge is 0.460 e. The molecule has 0 fully saturated rings. The molecule has 1 atom stereocenters. The summed E-state index contributed by atoms with van der Waals surface area (Å²) in [5.74, 6) is -22.1. The topological polar surface area (TPSA) is 20.2 Å². The molecule has 22 heavy (non-hydrogen) atoms. The molecule has 0 spiro atoms. The van der Waals surface area contributed by atoms with Gasteiger partial charge in [-0.1, -0.05) is 18.2 Å². The van der Waals surface area contributed by atoms with Gasteiger partial charge in [-0.3, -0.25) is 0 Å². The number of aliphatic hydroxyl groups excluding tert-OH is 1. The van der Waals surface area contributed by atoms with Crippen molar-refractivity contribution in [1.82, 2.24) is 0 Å². The molecule has 1 aromatic carbocycles. The van der Waals surface area contributed by atoms with Crippen molar-refractivity contribution in [2.75, 3.05) is 0 Å². The predicted molar refractivity (Wildman–Crippen MR) is 52.3 cm³/mol. The molecule has 0 saturated heterocycles. The lowest BCUT2D eigenvalue weighted by molar-refractivity contribution is -0.406. The molecule has 0 heterocycles. The van der Waals surface area contributed by atoms with Crippen molar-refractivity contribution in [3.05, 3.63) is 35.6 Å². The van der Waals surface area contributed by atoms with E-state index in [0.29, 0.717) is 12.1 Å². The molecular formula is C11H6F10O. The van der Waals surface area contributed by atoms with Crippen molar-refractivity contribution < 1.29 is 49.0 Å². The molecule has 0 saturated carbocycles. The van der Waals surface area contributed by atoms with Crippen LogP contribution in [-0.2, 0) is 0 Å². The quantitative estimate of drug-likeness (QED) is 0.807. The summed E-state index contributed by atoms with van der Waals surface area (Å²) in [6, 6.07) is 2.45. The Kier molecular flexibility index (Phi) is 4.45. The van der Waals surface area contributed by atoms with E-state index < -0.39 is 41.4 Å². The van der Waals surface area contributed by atoms with Gasteiger partial charge in [0, 0.05) is 5.56 Å². The number of halogens is 10. The highest BCUT2D eigenvalue weighted by Gasteiger charge is 2.83. The first-order chi connectivity index (χ1) is 9.68. The van der Waals surface area contributed by atoms with Crippen molar-refractivity contribution in [1.29, 1.82) is 0 Å². The standard InChI is InChI=1S/C11H6F10O/c12-6-4-2-1-3-5(6)7(22)8(13,14)9(15,16)10(17,18)11(19,20)21/h1-4,7,22H. The third kappa shape index (κ3) is 2.61. The molecule has 1 N–H and O–H groups in total. The Morgan fingerprint density at radius 3 is 1.64 bits per heavy atom. The smallest absolute Gasteiger partial charge is 0.382 e. The molecule has 1 aromatic rings. The lowest BCUT2D eigenvalue weighted by Gasteiger charge is -2.35. The van der Waals surface area contributed by atoms with Crippen LogP contribution in [-0.4, -0.2) is 29.1 Å². The minimum Gasteiger partial charge on any atom is -0.382 e. The highest BCUT2D eigenvalue weighted by Crippen LogP contribution is 2.56. The van der Waals surface area contributed by atoms with Crippen LogP contribution in [0.15, 0.2) is 24.3 Å². The minimum atomic E-state index is -7.14. The molecule has 1 unspecified atom stereocenters. The first-order valence-corrected chi connectivity index (χ1v) is 5.30. The van der Waals surface area contributed by atoms with Crippen molar-refractivity contribution in [3.8, 4) is 0 Å². The third-order valence-corrected chi connectivity index (χ3v) is 2.71. The summed E-state index contributed by atoms with van der Waals surface area (Å²) in [6.45, 7) is 0. The number of hydrogen-bond donors (Lipinski definition) is 1. The number of alkyl halides is 9. The molecule has 0 aliphatic heterocycles. The highest BCUT2D eigenvalue weighted by molar-refractivity contribution is 5.23. The maximum absolute atomic E-state index is 13.3. The normalized spacial score (nSPS) is 15.8. The SMILES string of the molecule is OC(c1ccccc1F)C(F)(F)C(F)(F)C(F)(F)C(F)(F)F. The zero-order valence-electron chi connectivity index (χ0n) is 10.1. The van der Waals surface area contributed by atoms with Crippen LogP contribution in [0.25, 0.3) is 0 Å². The number of hydrogen-bond acceptors (Lipinski definition) is 1. The molecule has 0 amide bonds. The second kappa shape index (κ2) is 5.28. The van der Waals surface area contributed by atoms with Crippen molar-refractivity contribution in [3.63, 3.8) is 0 Å². The zero-order chi connectivity index (χ0) is 17.6. The zero-order valence-corrected chi connectivity index (χ0v) is 10.1. The van der Waals surface area contributed by atoms with Crippen molar-refractivity contribution in [2.24, 2.45) is 0 Å². The Morgan fingerprint density at radius 2 is 1.23 bits per heavy atom. The minimum absolute atomic E-state index is 0.343. The predicted octanol–water partition coefficient (Wildman–Crippen LogP) is 4.33. The summed E-state index contributed by atoms with van der Waals surface area (Å²) in [6.07, 6.45) is -10.9. The van der Waals surface area contributed by atoms with Crippen LogP contribution in [0.2, 0.25) is 0 Å². The lowest BCUT2D eigenvalue weighted by atomic mass is 9.94. The van der Waals surface area contributed by atoms with Crippen LogP contribution in [0.1, 0.15) is 11.7 Å². The molecule has 0 radical (unpaired) electrons. The first-order valence-electron chi connectivity index (χ1n) is 5.30. The van der Waals surface area contributed by atoms with Crippen LogP contribution in [0.3, 0.4) is 0 Å². The molecule has 0 aliphatic rings. The Labute approximate surface area is 116 Å². The molecular weight excluding hydrogens is 338 g/mol. The van der Waals surface area contributed by atoms with E-state index in [0.717, 1.165) is 12.1 Å². The average Bonchev–Trinajstić information content (AvgIpc) is 2.36. The Hall–Kier alpha value is -1.52. The molecule has 1 nitrogen and oxygen atoms in total. The van der Waals surface area contributed by atoms with E-state index in [1.807, 2.05) is 0 Å². The third-order valence-electron chi connectivity index (χ3n) is 2.71. The summed E-state index contributed by atoms with van der Waals surface area (Å²) >= 11 is 0. The number of benzene rings is 1. The van der Waals surface area contributed by atoms with E-state index in [-0.39, 0.29) is 0 Å². The van der Waals surface area contributed by atoms with Gasteiger partial charge in [0.05, 0.1) is 0 Å². The van der Waals surface area contributed by atoms with Gasteiger partial charge in [0.2, 0.25) is 0 Å². The maximum Gasteiger partial charge on any atom is 0.460 e. The van der Waals surface area contributed by atoms with E-state index in [9.17, 15) is 43.9 Å².